The second kappa shape index (κ2) is 7.67. The number of carbonyl (C=O) groups is 2. The first-order valence-corrected chi connectivity index (χ1v) is 9.24. The molecule has 0 atom stereocenters. The van der Waals surface area contributed by atoms with Gasteiger partial charge in [0.25, 0.3) is 5.91 Å². The summed E-state index contributed by atoms with van der Waals surface area (Å²) in [6.45, 7) is 3.46. The lowest BCUT2D eigenvalue weighted by Crippen LogP contribution is -2.21. The lowest BCUT2D eigenvalue weighted by atomic mass is 10.2. The fourth-order valence-corrected chi connectivity index (χ4v) is 3.37. The van der Waals surface area contributed by atoms with Crippen LogP contribution < -0.4 is 10.2 Å². The molecule has 1 amide bonds. The predicted octanol–water partition coefficient (Wildman–Crippen LogP) is 2.43. The van der Waals surface area contributed by atoms with Crippen molar-refractivity contribution in [2.75, 3.05) is 29.9 Å². The van der Waals surface area contributed by atoms with Gasteiger partial charge in [-0.3, -0.25) is 4.79 Å². The molecule has 1 aliphatic rings. The van der Waals surface area contributed by atoms with Gasteiger partial charge in [0.1, 0.15) is 5.56 Å². The van der Waals surface area contributed by atoms with E-state index in [4.69, 9.17) is 4.74 Å². The molecule has 3 heterocycles. The molecule has 8 nitrogen and oxygen atoms in total. The third kappa shape index (κ3) is 3.66. The van der Waals surface area contributed by atoms with E-state index in [-0.39, 0.29) is 12.2 Å². The standard InChI is InChI=1S/C20H21N5O3/c1-14-18(19-21-9-4-12-25(19)23-14)20(27)28-13-17(26)22-15-5-7-16(8-6-15)24-10-2-3-11-24/h4-9,12H,2-3,10-11,13H2,1H3,(H,22,26). The fraction of sp³-hybridized carbons (Fsp3) is 0.300. The third-order valence-electron chi connectivity index (χ3n) is 4.73. The third-order valence-corrected chi connectivity index (χ3v) is 4.73. The maximum absolute atomic E-state index is 12.4. The van der Waals surface area contributed by atoms with Crippen LogP contribution in [0.5, 0.6) is 0 Å². The van der Waals surface area contributed by atoms with E-state index in [9.17, 15) is 9.59 Å². The molecule has 0 unspecified atom stereocenters. The highest BCUT2D eigenvalue weighted by Gasteiger charge is 2.20. The van der Waals surface area contributed by atoms with Gasteiger partial charge in [-0.2, -0.15) is 5.10 Å². The van der Waals surface area contributed by atoms with Crippen LogP contribution in [0.25, 0.3) is 5.65 Å². The Bertz CT molecular complexity index is 1010. The maximum Gasteiger partial charge on any atom is 0.344 e. The number of aromatic nitrogens is 3. The highest BCUT2D eigenvalue weighted by molar-refractivity contribution is 5.99. The Kier molecular flexibility index (Phi) is 4.92. The molecule has 0 bridgehead atoms. The number of esters is 1. The molecule has 8 heteroatoms. The highest BCUT2D eigenvalue weighted by Crippen LogP contribution is 2.22. The molecule has 1 N–H and O–H groups in total. The minimum absolute atomic E-state index is 0.267. The van der Waals surface area contributed by atoms with Crippen LogP contribution in [0.15, 0.2) is 42.7 Å². The first-order chi connectivity index (χ1) is 13.6. The molecule has 1 aromatic carbocycles. The Morgan fingerprint density at radius 3 is 2.68 bits per heavy atom. The Hall–Kier alpha value is -3.42. The van der Waals surface area contributed by atoms with E-state index in [0.29, 0.717) is 17.0 Å². The number of aryl methyl sites for hydroxylation is 1. The maximum atomic E-state index is 12.4. The molecule has 0 radical (unpaired) electrons. The normalized spacial score (nSPS) is 13.7. The molecule has 0 spiro atoms. The van der Waals surface area contributed by atoms with Gasteiger partial charge >= 0.3 is 5.97 Å². The SMILES string of the molecule is Cc1nn2cccnc2c1C(=O)OCC(=O)Nc1ccc(N2CCCC2)cc1. The Balaban J connectivity index is 1.35. The molecule has 1 saturated heterocycles. The number of hydrogen-bond donors (Lipinski definition) is 1. The smallest absolute Gasteiger partial charge is 0.344 e. The van der Waals surface area contributed by atoms with Gasteiger partial charge in [-0.05, 0) is 50.1 Å². The van der Waals surface area contributed by atoms with E-state index in [1.165, 1.54) is 17.4 Å². The number of nitrogens with zero attached hydrogens (tertiary/aromatic N) is 4. The Morgan fingerprint density at radius 2 is 1.93 bits per heavy atom. The lowest BCUT2D eigenvalue weighted by Gasteiger charge is -2.17. The number of ether oxygens (including phenoxy) is 1. The molecule has 0 aliphatic carbocycles. The summed E-state index contributed by atoms with van der Waals surface area (Å²) in [6.07, 6.45) is 5.70. The van der Waals surface area contributed by atoms with Crippen LogP contribution in [0, 0.1) is 6.92 Å². The summed E-state index contributed by atoms with van der Waals surface area (Å²) in [5, 5.41) is 6.96. The Labute approximate surface area is 162 Å². The molecule has 0 saturated carbocycles. The van der Waals surface area contributed by atoms with Crippen LogP contribution in [0.4, 0.5) is 11.4 Å². The number of amides is 1. The topological polar surface area (TPSA) is 88.8 Å². The molecule has 4 rings (SSSR count). The molecule has 1 aliphatic heterocycles. The van der Waals surface area contributed by atoms with Crippen molar-refractivity contribution in [2.45, 2.75) is 19.8 Å². The summed E-state index contributed by atoms with van der Waals surface area (Å²) in [5.74, 6) is -1.02. The lowest BCUT2D eigenvalue weighted by molar-refractivity contribution is -0.119. The van der Waals surface area contributed by atoms with Gasteiger partial charge in [0.15, 0.2) is 12.3 Å². The number of anilines is 2. The minimum atomic E-state index is -0.620. The van der Waals surface area contributed by atoms with Crippen molar-refractivity contribution in [1.29, 1.82) is 0 Å². The summed E-state index contributed by atoms with van der Waals surface area (Å²) in [5.41, 5.74) is 2.99. The van der Waals surface area contributed by atoms with Crippen LogP contribution in [-0.2, 0) is 9.53 Å². The van der Waals surface area contributed by atoms with Gasteiger partial charge in [-0.1, -0.05) is 0 Å². The van der Waals surface area contributed by atoms with Gasteiger partial charge in [-0.15, -0.1) is 0 Å². The molecule has 1 fully saturated rings. The van der Waals surface area contributed by atoms with Gasteiger partial charge in [0.2, 0.25) is 0 Å². The first kappa shape index (κ1) is 18.0. The fourth-order valence-electron chi connectivity index (χ4n) is 3.37. The number of benzene rings is 1. The van der Waals surface area contributed by atoms with Gasteiger partial charge < -0.3 is 15.0 Å². The zero-order chi connectivity index (χ0) is 19.5. The van der Waals surface area contributed by atoms with Gasteiger partial charge in [0.05, 0.1) is 5.69 Å². The van der Waals surface area contributed by atoms with E-state index in [0.717, 1.165) is 18.8 Å². The van der Waals surface area contributed by atoms with Crippen LogP contribution >= 0.6 is 0 Å². The van der Waals surface area contributed by atoms with Crippen molar-refractivity contribution in [2.24, 2.45) is 0 Å². The molecule has 28 heavy (non-hydrogen) atoms. The van der Waals surface area contributed by atoms with E-state index < -0.39 is 11.9 Å². The number of carbonyl (C=O) groups excluding carboxylic acids is 2. The molecule has 2 aromatic heterocycles. The van der Waals surface area contributed by atoms with Crippen molar-refractivity contribution in [1.82, 2.24) is 14.6 Å². The number of hydrogen-bond acceptors (Lipinski definition) is 6. The average molecular weight is 379 g/mol. The van der Waals surface area contributed by atoms with Crippen LogP contribution in [-0.4, -0.2) is 46.2 Å². The minimum Gasteiger partial charge on any atom is -0.452 e. The van der Waals surface area contributed by atoms with Crippen LogP contribution in [0.1, 0.15) is 28.9 Å². The van der Waals surface area contributed by atoms with Crippen LogP contribution in [0.3, 0.4) is 0 Å². The summed E-state index contributed by atoms with van der Waals surface area (Å²) in [4.78, 5) is 31.0. The second-order valence-corrected chi connectivity index (χ2v) is 6.71. The largest absolute Gasteiger partial charge is 0.452 e. The quantitative estimate of drug-likeness (QED) is 0.685. The zero-order valence-electron chi connectivity index (χ0n) is 15.6. The van der Waals surface area contributed by atoms with E-state index in [2.05, 4.69) is 20.3 Å². The van der Waals surface area contributed by atoms with Gasteiger partial charge in [0, 0.05) is 36.9 Å². The summed E-state index contributed by atoms with van der Waals surface area (Å²) < 4.78 is 6.67. The average Bonchev–Trinajstić information content (AvgIpc) is 3.34. The summed E-state index contributed by atoms with van der Waals surface area (Å²) >= 11 is 0. The van der Waals surface area contributed by atoms with Crippen molar-refractivity contribution in [3.8, 4) is 0 Å². The number of rotatable bonds is 5. The van der Waals surface area contributed by atoms with Crippen molar-refractivity contribution in [3.05, 3.63) is 54.0 Å². The van der Waals surface area contributed by atoms with E-state index in [1.807, 2.05) is 24.3 Å². The highest BCUT2D eigenvalue weighted by atomic mass is 16.5. The second-order valence-electron chi connectivity index (χ2n) is 6.71. The van der Waals surface area contributed by atoms with Crippen molar-refractivity contribution < 1.29 is 14.3 Å². The summed E-state index contributed by atoms with van der Waals surface area (Å²) in [6, 6.07) is 9.40. The van der Waals surface area contributed by atoms with Crippen molar-refractivity contribution in [3.63, 3.8) is 0 Å². The van der Waals surface area contributed by atoms with Crippen molar-refractivity contribution >= 4 is 28.9 Å². The number of fused-ring (bicyclic) bond motifs is 1. The predicted molar refractivity (Wildman–Crippen MR) is 105 cm³/mol. The monoisotopic (exact) mass is 379 g/mol. The Morgan fingerprint density at radius 1 is 1.18 bits per heavy atom. The zero-order valence-corrected chi connectivity index (χ0v) is 15.6. The molecule has 3 aromatic rings. The first-order valence-electron chi connectivity index (χ1n) is 9.24. The number of nitrogens with one attached hydrogen (secondary N) is 1. The summed E-state index contributed by atoms with van der Waals surface area (Å²) in [7, 11) is 0. The van der Waals surface area contributed by atoms with Gasteiger partial charge in [-0.25, -0.2) is 14.3 Å². The van der Waals surface area contributed by atoms with E-state index in [1.54, 1.807) is 25.4 Å². The molecular formula is C20H21N5O3. The van der Waals surface area contributed by atoms with E-state index >= 15 is 0 Å². The molecule has 144 valence electrons. The van der Waals surface area contributed by atoms with Crippen LogP contribution in [0.2, 0.25) is 0 Å². The molecular weight excluding hydrogens is 358 g/mol.